The summed E-state index contributed by atoms with van der Waals surface area (Å²) in [6.45, 7) is 1.81. The van der Waals surface area contributed by atoms with Crippen LogP contribution in [0.2, 0.25) is 0 Å². The van der Waals surface area contributed by atoms with Crippen LogP contribution in [0, 0.1) is 5.82 Å². The molecule has 4 rings (SSSR count). The number of carbonyl (C=O) groups is 1. The number of benzene rings is 2. The molecule has 3 aromatic rings. The number of aliphatic imine (C=N–C) groups is 1. The maximum Gasteiger partial charge on any atom is 0.257 e. The van der Waals surface area contributed by atoms with Crippen LogP contribution in [0.15, 0.2) is 76.9 Å². The number of rotatable bonds is 6. The fraction of sp³-hybridized carbons (Fsp3) is 0.136. The smallest absolute Gasteiger partial charge is 0.257 e. The molecular formula is C22H19FN4O2S. The number of hydrogen-bond donors (Lipinski definition) is 2. The van der Waals surface area contributed by atoms with Gasteiger partial charge in [-0.3, -0.25) is 4.79 Å². The lowest BCUT2D eigenvalue weighted by atomic mass is 10.1. The normalized spacial score (nSPS) is 15.4. The summed E-state index contributed by atoms with van der Waals surface area (Å²) in [5.41, 5.74) is 6.03. The van der Waals surface area contributed by atoms with Gasteiger partial charge >= 0.3 is 0 Å². The van der Waals surface area contributed by atoms with Crippen LogP contribution < -0.4 is 10.8 Å². The highest BCUT2D eigenvalue weighted by Crippen LogP contribution is 2.24. The molecule has 152 valence electrons. The van der Waals surface area contributed by atoms with E-state index in [0.29, 0.717) is 17.1 Å². The van der Waals surface area contributed by atoms with Gasteiger partial charge in [0.2, 0.25) is 5.90 Å². The Morgan fingerprint density at radius 3 is 2.53 bits per heavy atom. The van der Waals surface area contributed by atoms with Crippen LogP contribution in [0.5, 0.6) is 0 Å². The van der Waals surface area contributed by atoms with Gasteiger partial charge in [0.15, 0.2) is 6.17 Å². The molecule has 0 radical (unpaired) electrons. The summed E-state index contributed by atoms with van der Waals surface area (Å²) < 4.78 is 13.0. The standard InChI is InChI=1S/C22H19FN4O2S/c1-14-25-21(27-29-14)16-4-2-15(3-5-16)13-30-20-11-6-17(12-24-20)22(28)26-19-9-7-18(23)8-10-19/h2-12,21,27H,13H2,1H3,(H,26,28). The molecule has 0 aliphatic carbocycles. The highest BCUT2D eigenvalue weighted by atomic mass is 32.2. The van der Waals surface area contributed by atoms with Crippen LogP contribution in [-0.4, -0.2) is 16.8 Å². The third-order valence-corrected chi connectivity index (χ3v) is 5.43. The number of pyridine rings is 1. The summed E-state index contributed by atoms with van der Waals surface area (Å²) in [5.74, 6) is 0.744. The van der Waals surface area contributed by atoms with Crippen LogP contribution >= 0.6 is 11.8 Å². The Bertz CT molecular complexity index is 1050. The Hall–Kier alpha value is -3.23. The predicted octanol–water partition coefficient (Wildman–Crippen LogP) is 4.72. The van der Waals surface area contributed by atoms with E-state index < -0.39 is 0 Å². The number of thioether (sulfide) groups is 1. The number of hydrogen-bond acceptors (Lipinski definition) is 6. The zero-order chi connectivity index (χ0) is 20.9. The number of aromatic nitrogens is 1. The topological polar surface area (TPSA) is 75.6 Å². The van der Waals surface area contributed by atoms with Crippen molar-refractivity contribution in [2.24, 2.45) is 4.99 Å². The molecule has 0 saturated heterocycles. The van der Waals surface area contributed by atoms with E-state index in [0.717, 1.165) is 21.9 Å². The average molecular weight is 422 g/mol. The first-order chi connectivity index (χ1) is 14.6. The fourth-order valence-corrected chi connectivity index (χ4v) is 3.61. The van der Waals surface area contributed by atoms with Gasteiger partial charge in [0.25, 0.3) is 5.91 Å². The number of amides is 1. The second-order valence-corrected chi connectivity index (χ2v) is 7.64. The molecule has 0 bridgehead atoms. The van der Waals surface area contributed by atoms with Crippen LogP contribution in [-0.2, 0) is 10.6 Å². The minimum absolute atomic E-state index is 0.165. The minimum Gasteiger partial charge on any atom is -0.391 e. The molecule has 2 aromatic carbocycles. The molecular weight excluding hydrogens is 403 g/mol. The molecule has 1 amide bonds. The van der Waals surface area contributed by atoms with E-state index in [2.05, 4.69) is 32.9 Å². The second-order valence-electron chi connectivity index (χ2n) is 6.65. The Morgan fingerprint density at radius 2 is 1.90 bits per heavy atom. The third kappa shape index (κ3) is 5.03. The Balaban J connectivity index is 1.31. The molecule has 2 N–H and O–H groups in total. The number of carbonyl (C=O) groups excluding carboxylic acids is 1. The first kappa shape index (κ1) is 20.1. The third-order valence-electron chi connectivity index (χ3n) is 4.41. The van der Waals surface area contributed by atoms with Gasteiger partial charge in [0.1, 0.15) is 5.82 Å². The van der Waals surface area contributed by atoms with Crippen LogP contribution in [0.3, 0.4) is 0 Å². The SMILES string of the molecule is CC1=NC(c2ccc(CSc3ccc(C(=O)Nc4ccc(F)cc4)cn3)cc2)NO1. The Kier molecular flexibility index (Phi) is 6.06. The van der Waals surface area contributed by atoms with Crippen LogP contribution in [0.1, 0.15) is 34.6 Å². The summed E-state index contributed by atoms with van der Waals surface area (Å²) in [4.78, 5) is 26.2. The molecule has 30 heavy (non-hydrogen) atoms. The van der Waals surface area contributed by atoms with Crippen LogP contribution in [0.4, 0.5) is 10.1 Å². The maximum atomic E-state index is 13.0. The van der Waals surface area contributed by atoms with Crippen molar-refractivity contribution >= 4 is 29.3 Å². The van der Waals surface area contributed by atoms with Gasteiger partial charge in [-0.2, -0.15) is 0 Å². The number of nitrogens with one attached hydrogen (secondary N) is 2. The van der Waals surface area contributed by atoms with Crippen molar-refractivity contribution in [2.45, 2.75) is 23.9 Å². The van der Waals surface area contributed by atoms with Gasteiger partial charge in [-0.25, -0.2) is 14.4 Å². The quantitative estimate of drug-likeness (QED) is 0.563. The highest BCUT2D eigenvalue weighted by molar-refractivity contribution is 7.98. The Labute approximate surface area is 177 Å². The first-order valence-corrected chi connectivity index (χ1v) is 10.3. The monoisotopic (exact) mass is 422 g/mol. The first-order valence-electron chi connectivity index (χ1n) is 9.28. The highest BCUT2D eigenvalue weighted by Gasteiger charge is 2.17. The number of anilines is 1. The van der Waals surface area contributed by atoms with E-state index in [1.54, 1.807) is 17.8 Å². The molecule has 1 aliphatic heterocycles. The van der Waals surface area contributed by atoms with Crippen molar-refractivity contribution in [2.75, 3.05) is 5.32 Å². The summed E-state index contributed by atoms with van der Waals surface area (Å²) in [6.07, 6.45) is 1.37. The van der Waals surface area contributed by atoms with Gasteiger partial charge in [-0.05, 0) is 47.5 Å². The lowest BCUT2D eigenvalue weighted by Gasteiger charge is -2.08. The minimum atomic E-state index is -0.349. The van der Waals surface area contributed by atoms with Gasteiger partial charge in [-0.1, -0.05) is 24.3 Å². The summed E-state index contributed by atoms with van der Waals surface area (Å²) in [6, 6.07) is 17.3. The van der Waals surface area contributed by atoms with E-state index >= 15 is 0 Å². The number of nitrogens with zero attached hydrogens (tertiary/aromatic N) is 2. The Morgan fingerprint density at radius 1 is 1.13 bits per heavy atom. The van der Waals surface area contributed by atoms with Gasteiger partial charge in [0, 0.05) is 24.6 Å². The predicted molar refractivity (Wildman–Crippen MR) is 115 cm³/mol. The number of halogens is 1. The van der Waals surface area contributed by atoms with Crippen molar-refractivity contribution in [3.8, 4) is 0 Å². The lowest BCUT2D eigenvalue weighted by Crippen LogP contribution is -2.13. The van der Waals surface area contributed by atoms with Crippen molar-refractivity contribution in [3.05, 3.63) is 89.4 Å². The molecule has 6 nitrogen and oxygen atoms in total. The van der Waals surface area contributed by atoms with Gasteiger partial charge in [-0.15, -0.1) is 17.2 Å². The molecule has 8 heteroatoms. The molecule has 0 spiro atoms. The van der Waals surface area contributed by atoms with Crippen molar-refractivity contribution < 1.29 is 14.0 Å². The molecule has 1 atom stereocenters. The maximum absolute atomic E-state index is 13.0. The van der Waals surface area contributed by atoms with E-state index in [4.69, 9.17) is 4.84 Å². The largest absolute Gasteiger partial charge is 0.391 e. The van der Waals surface area contributed by atoms with Crippen molar-refractivity contribution in [3.63, 3.8) is 0 Å². The van der Waals surface area contributed by atoms with Crippen molar-refractivity contribution in [1.82, 2.24) is 10.5 Å². The summed E-state index contributed by atoms with van der Waals surface area (Å²) in [7, 11) is 0. The molecule has 1 aromatic heterocycles. The van der Waals surface area contributed by atoms with Crippen molar-refractivity contribution in [1.29, 1.82) is 0 Å². The second kappa shape index (κ2) is 9.06. The molecule has 1 aliphatic rings. The molecule has 1 unspecified atom stereocenters. The molecule has 0 saturated carbocycles. The molecule has 2 heterocycles. The van der Waals surface area contributed by atoms with E-state index in [9.17, 15) is 9.18 Å². The van der Waals surface area contributed by atoms with Crippen LogP contribution in [0.25, 0.3) is 0 Å². The molecule has 0 fully saturated rings. The van der Waals surface area contributed by atoms with Gasteiger partial charge < -0.3 is 10.2 Å². The fourth-order valence-electron chi connectivity index (χ4n) is 2.81. The lowest BCUT2D eigenvalue weighted by molar-refractivity contribution is 0.102. The van der Waals surface area contributed by atoms with Gasteiger partial charge in [0.05, 0.1) is 10.6 Å². The zero-order valence-electron chi connectivity index (χ0n) is 16.1. The number of hydroxylamine groups is 1. The van der Waals surface area contributed by atoms with E-state index in [-0.39, 0.29) is 17.9 Å². The average Bonchev–Trinajstić information content (AvgIpc) is 3.21. The van der Waals surface area contributed by atoms with E-state index in [1.807, 2.05) is 25.1 Å². The summed E-state index contributed by atoms with van der Waals surface area (Å²) in [5, 5.41) is 3.54. The van der Waals surface area contributed by atoms with E-state index in [1.165, 1.54) is 30.5 Å². The summed E-state index contributed by atoms with van der Waals surface area (Å²) >= 11 is 1.59. The zero-order valence-corrected chi connectivity index (χ0v) is 16.9.